The predicted molar refractivity (Wildman–Crippen MR) is 137 cm³/mol. The molecule has 1 aliphatic rings. The van der Waals surface area contributed by atoms with Crippen LogP contribution in [-0.2, 0) is 26.0 Å². The first-order valence-electron chi connectivity index (χ1n) is 11.4. The number of sulfonamides is 1. The number of hydrogen-bond donors (Lipinski definition) is 1. The fraction of sp³-hybridized carbons (Fsp3) is 0.480. The highest BCUT2D eigenvalue weighted by Crippen LogP contribution is 2.31. The minimum Gasteiger partial charge on any atom is -0.491 e. The topological polar surface area (TPSA) is 75.7 Å². The molecule has 6 nitrogen and oxygen atoms in total. The number of nitrogens with zero attached hydrogens (tertiary/aromatic N) is 1. The molecule has 0 spiro atoms. The second-order valence-corrected chi connectivity index (χ2v) is 12.4. The van der Waals surface area contributed by atoms with Crippen molar-refractivity contribution < 1.29 is 17.9 Å². The van der Waals surface area contributed by atoms with Gasteiger partial charge in [-0.2, -0.15) is 0 Å². The molecule has 0 unspecified atom stereocenters. The second-order valence-electron chi connectivity index (χ2n) is 9.57. The fourth-order valence-electron chi connectivity index (χ4n) is 4.03. The molecule has 1 fully saturated rings. The van der Waals surface area contributed by atoms with Gasteiger partial charge in [0.25, 0.3) is 0 Å². The Balaban J connectivity index is 1.52. The van der Waals surface area contributed by atoms with Crippen LogP contribution in [0.2, 0.25) is 10.0 Å². The Kier molecular flexibility index (Phi) is 8.90. The zero-order valence-electron chi connectivity index (χ0n) is 19.8. The molecule has 0 bridgehead atoms. The number of carbonyl (C=O) groups excluding carboxylic acids is 1. The van der Waals surface area contributed by atoms with Gasteiger partial charge in [-0.05, 0) is 47.6 Å². The number of rotatable bonds is 8. The zero-order valence-corrected chi connectivity index (χ0v) is 22.1. The first kappa shape index (κ1) is 26.8. The summed E-state index contributed by atoms with van der Waals surface area (Å²) in [6.07, 6.45) is 1.27. The molecular formula is C25H32Cl2N2O4S. The van der Waals surface area contributed by atoms with Gasteiger partial charge < -0.3 is 10.1 Å². The molecule has 1 atom stereocenters. The van der Waals surface area contributed by atoms with Crippen LogP contribution in [0.3, 0.4) is 0 Å². The van der Waals surface area contributed by atoms with Crippen LogP contribution in [0.4, 0.5) is 0 Å². The Hall–Kier alpha value is -1.80. The van der Waals surface area contributed by atoms with Crippen molar-refractivity contribution in [1.82, 2.24) is 9.62 Å². The van der Waals surface area contributed by atoms with Gasteiger partial charge in [0.2, 0.25) is 15.9 Å². The van der Waals surface area contributed by atoms with E-state index in [1.54, 1.807) is 12.1 Å². The molecule has 34 heavy (non-hydrogen) atoms. The Morgan fingerprint density at radius 1 is 1.18 bits per heavy atom. The standard InChI is InChI=1S/C25H32Cl2N2O4S/c1-25(2,3)21-8-4-5-9-23(21)33-14-12-28-24(30)18-7-6-13-29(16-18)34(31,32)17-19-10-11-20(26)15-22(19)27/h4-5,8-11,15,18H,6-7,12-14,16-17H2,1-3H3,(H,28,30)/t18-/m0/s1. The number of nitrogens with one attached hydrogen (secondary N) is 1. The normalized spacial score (nSPS) is 17.4. The number of carbonyl (C=O) groups is 1. The highest BCUT2D eigenvalue weighted by Gasteiger charge is 2.32. The van der Waals surface area contributed by atoms with Crippen molar-refractivity contribution in [2.24, 2.45) is 5.92 Å². The minimum atomic E-state index is -3.62. The van der Waals surface area contributed by atoms with Gasteiger partial charge in [0.15, 0.2) is 0 Å². The smallest absolute Gasteiger partial charge is 0.224 e. The van der Waals surface area contributed by atoms with Crippen molar-refractivity contribution >= 4 is 39.1 Å². The summed E-state index contributed by atoms with van der Waals surface area (Å²) in [5.41, 5.74) is 1.55. The summed E-state index contributed by atoms with van der Waals surface area (Å²) in [7, 11) is -3.62. The number of hydrogen-bond acceptors (Lipinski definition) is 4. The molecule has 2 aromatic carbocycles. The Morgan fingerprint density at radius 3 is 2.62 bits per heavy atom. The first-order chi connectivity index (χ1) is 16.0. The van der Waals surface area contributed by atoms with E-state index in [2.05, 4.69) is 26.1 Å². The molecule has 0 aliphatic carbocycles. The van der Waals surface area contributed by atoms with E-state index in [9.17, 15) is 13.2 Å². The summed E-state index contributed by atoms with van der Waals surface area (Å²) in [4.78, 5) is 12.7. The molecule has 9 heteroatoms. The van der Waals surface area contributed by atoms with Crippen LogP contribution in [0.1, 0.15) is 44.7 Å². The maximum Gasteiger partial charge on any atom is 0.224 e. The van der Waals surface area contributed by atoms with Crippen molar-refractivity contribution in [2.45, 2.75) is 44.8 Å². The fourth-order valence-corrected chi connectivity index (χ4v) is 6.22. The molecule has 1 heterocycles. The van der Waals surface area contributed by atoms with E-state index in [-0.39, 0.29) is 23.6 Å². The minimum absolute atomic E-state index is 0.0485. The molecule has 0 aromatic heterocycles. The lowest BCUT2D eigenvalue weighted by atomic mass is 9.86. The van der Waals surface area contributed by atoms with E-state index < -0.39 is 15.9 Å². The molecule has 0 saturated carbocycles. The van der Waals surface area contributed by atoms with Gasteiger partial charge in [0.1, 0.15) is 12.4 Å². The highest BCUT2D eigenvalue weighted by atomic mass is 35.5. The van der Waals surface area contributed by atoms with Crippen LogP contribution in [0, 0.1) is 5.92 Å². The lowest BCUT2D eigenvalue weighted by Crippen LogP contribution is -2.46. The first-order valence-corrected chi connectivity index (χ1v) is 13.8. The van der Waals surface area contributed by atoms with Crippen molar-refractivity contribution in [1.29, 1.82) is 0 Å². The van der Waals surface area contributed by atoms with Crippen molar-refractivity contribution in [3.8, 4) is 5.75 Å². The van der Waals surface area contributed by atoms with E-state index in [0.717, 1.165) is 11.3 Å². The number of ether oxygens (including phenoxy) is 1. The van der Waals surface area contributed by atoms with Gasteiger partial charge in [-0.1, -0.05) is 68.2 Å². The summed E-state index contributed by atoms with van der Waals surface area (Å²) in [6.45, 7) is 7.61. The zero-order chi connectivity index (χ0) is 24.9. The van der Waals surface area contributed by atoms with Crippen molar-refractivity contribution in [2.75, 3.05) is 26.2 Å². The SMILES string of the molecule is CC(C)(C)c1ccccc1OCCNC(=O)[C@H]1CCCN(S(=O)(=O)Cc2ccc(Cl)cc2Cl)C1. The molecule has 1 amide bonds. The van der Waals surface area contributed by atoms with Crippen LogP contribution >= 0.6 is 23.2 Å². The molecule has 1 aliphatic heterocycles. The number of benzene rings is 2. The van der Waals surface area contributed by atoms with Gasteiger partial charge in [0, 0.05) is 23.1 Å². The van der Waals surface area contributed by atoms with E-state index in [0.29, 0.717) is 48.1 Å². The van der Waals surface area contributed by atoms with E-state index in [4.69, 9.17) is 27.9 Å². The number of halogens is 2. The van der Waals surface area contributed by atoms with Gasteiger partial charge in [-0.15, -0.1) is 0 Å². The molecule has 186 valence electrons. The molecule has 0 radical (unpaired) electrons. The third kappa shape index (κ3) is 7.11. The largest absolute Gasteiger partial charge is 0.491 e. The second kappa shape index (κ2) is 11.3. The van der Waals surface area contributed by atoms with Gasteiger partial charge in [-0.3, -0.25) is 4.79 Å². The summed E-state index contributed by atoms with van der Waals surface area (Å²) in [5, 5.41) is 3.66. The number of amides is 1. The summed E-state index contributed by atoms with van der Waals surface area (Å²) in [5.74, 6) is 0.0292. The quantitative estimate of drug-likeness (QED) is 0.489. The van der Waals surface area contributed by atoms with Gasteiger partial charge >= 0.3 is 0 Å². The van der Waals surface area contributed by atoms with Crippen LogP contribution in [0.5, 0.6) is 5.75 Å². The van der Waals surface area contributed by atoms with E-state index in [1.165, 1.54) is 10.4 Å². The van der Waals surface area contributed by atoms with Crippen LogP contribution in [-0.4, -0.2) is 44.9 Å². The van der Waals surface area contributed by atoms with Gasteiger partial charge in [-0.25, -0.2) is 12.7 Å². The van der Waals surface area contributed by atoms with Crippen molar-refractivity contribution in [3.05, 3.63) is 63.6 Å². The van der Waals surface area contributed by atoms with Gasteiger partial charge in [0.05, 0.1) is 18.2 Å². The molecular weight excluding hydrogens is 495 g/mol. The summed E-state index contributed by atoms with van der Waals surface area (Å²) >= 11 is 12.1. The molecule has 2 aromatic rings. The average Bonchev–Trinajstić information content (AvgIpc) is 2.78. The Bertz CT molecular complexity index is 1120. The van der Waals surface area contributed by atoms with Crippen LogP contribution < -0.4 is 10.1 Å². The number of piperidine rings is 1. The monoisotopic (exact) mass is 526 g/mol. The third-order valence-electron chi connectivity index (χ3n) is 5.86. The lowest BCUT2D eigenvalue weighted by molar-refractivity contribution is -0.126. The lowest BCUT2D eigenvalue weighted by Gasteiger charge is -2.31. The van der Waals surface area contributed by atoms with Crippen molar-refractivity contribution in [3.63, 3.8) is 0 Å². The average molecular weight is 528 g/mol. The Labute approximate surface area is 212 Å². The maximum atomic E-state index is 13.0. The molecule has 3 rings (SSSR count). The van der Waals surface area contributed by atoms with Crippen LogP contribution in [0.15, 0.2) is 42.5 Å². The highest BCUT2D eigenvalue weighted by molar-refractivity contribution is 7.88. The van der Waals surface area contributed by atoms with E-state index >= 15 is 0 Å². The summed E-state index contributed by atoms with van der Waals surface area (Å²) in [6, 6.07) is 12.7. The molecule has 1 saturated heterocycles. The summed E-state index contributed by atoms with van der Waals surface area (Å²) < 4.78 is 33.3. The Morgan fingerprint density at radius 2 is 1.91 bits per heavy atom. The van der Waals surface area contributed by atoms with Crippen LogP contribution in [0.25, 0.3) is 0 Å². The number of para-hydroxylation sites is 1. The third-order valence-corrected chi connectivity index (χ3v) is 8.24. The predicted octanol–water partition coefficient (Wildman–Crippen LogP) is 5.03. The maximum absolute atomic E-state index is 13.0. The van der Waals surface area contributed by atoms with E-state index in [1.807, 2.05) is 24.3 Å². The molecule has 1 N–H and O–H groups in total.